The highest BCUT2D eigenvalue weighted by atomic mass is 16.5. The molecule has 1 spiro atoms. The van der Waals surface area contributed by atoms with Crippen molar-refractivity contribution in [3.63, 3.8) is 0 Å². The molecule has 1 amide bonds. The van der Waals surface area contributed by atoms with E-state index in [0.29, 0.717) is 23.2 Å². The highest BCUT2D eigenvalue weighted by Crippen LogP contribution is 2.53. The van der Waals surface area contributed by atoms with Gasteiger partial charge in [0.25, 0.3) is 0 Å². The largest absolute Gasteiger partial charge is 0.420 e. The maximum Gasteiger partial charge on any atom is 0.245 e. The van der Waals surface area contributed by atoms with Gasteiger partial charge in [0.1, 0.15) is 17.1 Å². The maximum atomic E-state index is 13.0. The average Bonchev–Trinajstić information content (AvgIpc) is 3.08. The number of H-pyrrole nitrogens is 1. The first-order chi connectivity index (χ1) is 11.1. The summed E-state index contributed by atoms with van der Waals surface area (Å²) in [7, 11) is 0. The number of nitrogens with one attached hydrogen (secondary N) is 2. The maximum absolute atomic E-state index is 13.0. The zero-order valence-electron chi connectivity index (χ0n) is 12.3. The molecular formula is C16H13N5O2. The molecule has 0 saturated heterocycles. The normalized spacial score (nSPS) is 21.5. The van der Waals surface area contributed by atoms with Gasteiger partial charge >= 0.3 is 0 Å². The molecule has 2 aromatic rings. The van der Waals surface area contributed by atoms with Crippen LogP contribution >= 0.6 is 0 Å². The van der Waals surface area contributed by atoms with Crippen molar-refractivity contribution in [3.05, 3.63) is 52.5 Å². The van der Waals surface area contributed by atoms with E-state index in [2.05, 4.69) is 21.6 Å². The lowest BCUT2D eigenvalue weighted by Crippen LogP contribution is -2.42. The van der Waals surface area contributed by atoms with E-state index < -0.39 is 5.41 Å². The number of amides is 1. The fraction of sp³-hybridized carbons (Fsp3) is 0.188. The van der Waals surface area contributed by atoms with Crippen LogP contribution in [0.1, 0.15) is 23.7 Å². The Labute approximate surface area is 131 Å². The van der Waals surface area contributed by atoms with Gasteiger partial charge in [-0.1, -0.05) is 25.1 Å². The number of carbonyl (C=O) groups is 1. The highest BCUT2D eigenvalue weighted by molar-refractivity contribution is 6.12. The highest BCUT2D eigenvalue weighted by Gasteiger charge is 2.58. The number of nitrogens with zero attached hydrogens (tertiary/aromatic N) is 2. The summed E-state index contributed by atoms with van der Waals surface area (Å²) in [4.78, 5) is 13.0. The van der Waals surface area contributed by atoms with E-state index in [9.17, 15) is 10.1 Å². The molecule has 2 aliphatic rings. The summed E-state index contributed by atoms with van der Waals surface area (Å²) in [6, 6.07) is 9.34. The molecule has 1 aromatic heterocycles. The number of aromatic nitrogens is 2. The number of nitriles is 1. The Morgan fingerprint density at radius 3 is 2.96 bits per heavy atom. The van der Waals surface area contributed by atoms with Crippen molar-refractivity contribution in [2.45, 2.75) is 18.8 Å². The molecular weight excluding hydrogens is 294 g/mol. The zero-order valence-corrected chi connectivity index (χ0v) is 12.3. The standard InChI is InChI=1S/C16H13N5O2/c1-2-10-12-14(21-20-10)23-13(18)9(7-17)16(12)8-5-3-4-6-11(8)19-15(16)22/h3-6H,2,18H2,1H3,(H,19,22)(H,20,21). The van der Waals surface area contributed by atoms with Gasteiger partial charge in [0, 0.05) is 16.9 Å². The van der Waals surface area contributed by atoms with E-state index in [4.69, 9.17) is 10.5 Å². The van der Waals surface area contributed by atoms with Crippen molar-refractivity contribution in [2.75, 3.05) is 5.32 Å². The first-order valence-corrected chi connectivity index (χ1v) is 7.21. The SMILES string of the molecule is CCc1[nH]nc2c1C1(C(=O)Nc3ccccc31)C(C#N)=C(N)O2. The van der Waals surface area contributed by atoms with Gasteiger partial charge in [-0.2, -0.15) is 5.26 Å². The first-order valence-electron chi connectivity index (χ1n) is 7.21. The van der Waals surface area contributed by atoms with Crippen LogP contribution in [0.15, 0.2) is 35.7 Å². The van der Waals surface area contributed by atoms with E-state index in [0.717, 1.165) is 5.69 Å². The van der Waals surface area contributed by atoms with Crippen LogP contribution in [0.25, 0.3) is 0 Å². The van der Waals surface area contributed by atoms with Crippen molar-refractivity contribution in [1.29, 1.82) is 5.26 Å². The molecule has 23 heavy (non-hydrogen) atoms. The van der Waals surface area contributed by atoms with Gasteiger partial charge < -0.3 is 15.8 Å². The Hall–Kier alpha value is -3.27. The van der Waals surface area contributed by atoms with Gasteiger partial charge in [-0.15, -0.1) is 5.10 Å². The summed E-state index contributed by atoms with van der Waals surface area (Å²) >= 11 is 0. The van der Waals surface area contributed by atoms with E-state index in [1.807, 2.05) is 25.1 Å². The third-order valence-corrected chi connectivity index (χ3v) is 4.40. The number of hydrogen-bond acceptors (Lipinski definition) is 5. The lowest BCUT2D eigenvalue weighted by atomic mass is 9.69. The number of fused-ring (bicyclic) bond motifs is 4. The summed E-state index contributed by atoms with van der Waals surface area (Å²) < 4.78 is 5.48. The Morgan fingerprint density at radius 1 is 1.43 bits per heavy atom. The minimum atomic E-state index is -1.32. The molecule has 1 unspecified atom stereocenters. The van der Waals surface area contributed by atoms with Crippen molar-refractivity contribution in [3.8, 4) is 11.9 Å². The van der Waals surface area contributed by atoms with E-state index in [1.165, 1.54) is 0 Å². The van der Waals surface area contributed by atoms with Crippen LogP contribution in [0.2, 0.25) is 0 Å². The number of nitrogens with two attached hydrogens (primary N) is 1. The van der Waals surface area contributed by atoms with Crippen LogP contribution in [-0.4, -0.2) is 16.1 Å². The topological polar surface area (TPSA) is 117 Å². The van der Waals surface area contributed by atoms with Crippen molar-refractivity contribution in [1.82, 2.24) is 10.2 Å². The second-order valence-electron chi connectivity index (χ2n) is 5.44. The van der Waals surface area contributed by atoms with Gasteiger partial charge in [0.05, 0.1) is 5.56 Å². The Morgan fingerprint density at radius 2 is 2.22 bits per heavy atom. The summed E-state index contributed by atoms with van der Waals surface area (Å²) in [5.41, 5.74) is 7.35. The molecule has 1 atom stereocenters. The molecule has 1 aromatic carbocycles. The third kappa shape index (κ3) is 1.42. The van der Waals surface area contributed by atoms with E-state index >= 15 is 0 Å². The number of hydrogen-bond donors (Lipinski definition) is 3. The summed E-state index contributed by atoms with van der Waals surface area (Å²) in [5.74, 6) is -0.176. The van der Waals surface area contributed by atoms with Crippen LogP contribution in [-0.2, 0) is 16.6 Å². The fourth-order valence-corrected chi connectivity index (χ4v) is 3.43. The smallest absolute Gasteiger partial charge is 0.245 e. The number of aryl methyl sites for hydroxylation is 1. The summed E-state index contributed by atoms with van der Waals surface area (Å²) in [5, 5.41) is 19.5. The molecule has 0 bridgehead atoms. The molecule has 0 radical (unpaired) electrons. The Balaban J connectivity index is 2.17. The van der Waals surface area contributed by atoms with Crippen LogP contribution in [0.5, 0.6) is 5.88 Å². The lowest BCUT2D eigenvalue weighted by molar-refractivity contribution is -0.118. The molecule has 4 rings (SSSR count). The average molecular weight is 307 g/mol. The van der Waals surface area contributed by atoms with Gasteiger partial charge in [-0.25, -0.2) is 0 Å². The van der Waals surface area contributed by atoms with Crippen LogP contribution in [0.4, 0.5) is 5.69 Å². The molecule has 2 aliphatic heterocycles. The van der Waals surface area contributed by atoms with Gasteiger partial charge in [0.15, 0.2) is 0 Å². The minimum Gasteiger partial charge on any atom is -0.420 e. The van der Waals surface area contributed by atoms with Crippen molar-refractivity contribution >= 4 is 11.6 Å². The summed E-state index contributed by atoms with van der Waals surface area (Å²) in [6.07, 6.45) is 0.613. The van der Waals surface area contributed by atoms with Crippen LogP contribution in [0.3, 0.4) is 0 Å². The molecule has 0 aliphatic carbocycles. The number of carbonyl (C=O) groups excluding carboxylic acids is 1. The summed E-state index contributed by atoms with van der Waals surface area (Å²) in [6.45, 7) is 1.94. The number of ether oxygens (including phenoxy) is 1. The van der Waals surface area contributed by atoms with Crippen LogP contribution in [0, 0.1) is 11.3 Å². The first kappa shape index (κ1) is 13.4. The lowest BCUT2D eigenvalue weighted by Gasteiger charge is -2.31. The van der Waals surface area contributed by atoms with Crippen LogP contribution < -0.4 is 15.8 Å². The van der Waals surface area contributed by atoms with Gasteiger partial charge in [0.2, 0.25) is 17.7 Å². The predicted molar refractivity (Wildman–Crippen MR) is 81.3 cm³/mol. The zero-order chi connectivity index (χ0) is 16.2. The Kier molecular flexibility index (Phi) is 2.54. The van der Waals surface area contributed by atoms with Crippen molar-refractivity contribution < 1.29 is 9.53 Å². The molecule has 0 fully saturated rings. The number of aromatic amines is 1. The quantitative estimate of drug-likeness (QED) is 0.734. The van der Waals surface area contributed by atoms with E-state index in [1.54, 1.807) is 6.07 Å². The van der Waals surface area contributed by atoms with Gasteiger partial charge in [-0.05, 0) is 12.5 Å². The molecule has 7 heteroatoms. The monoisotopic (exact) mass is 307 g/mol. The number of rotatable bonds is 1. The second-order valence-corrected chi connectivity index (χ2v) is 5.44. The predicted octanol–water partition coefficient (Wildman–Crippen LogP) is 1.30. The number of anilines is 1. The molecule has 7 nitrogen and oxygen atoms in total. The van der Waals surface area contributed by atoms with E-state index in [-0.39, 0.29) is 23.2 Å². The molecule has 114 valence electrons. The molecule has 0 saturated carbocycles. The Bertz CT molecular complexity index is 921. The van der Waals surface area contributed by atoms with Crippen molar-refractivity contribution in [2.24, 2.45) is 5.73 Å². The fourth-order valence-electron chi connectivity index (χ4n) is 3.43. The number of benzene rings is 1. The molecule has 3 heterocycles. The minimum absolute atomic E-state index is 0.0866. The van der Waals surface area contributed by atoms with Gasteiger partial charge in [-0.3, -0.25) is 9.89 Å². The second kappa shape index (κ2) is 4.36. The number of para-hydroxylation sites is 1. The third-order valence-electron chi connectivity index (χ3n) is 4.40. The molecule has 4 N–H and O–H groups in total.